The van der Waals surface area contributed by atoms with Crippen molar-refractivity contribution in [3.63, 3.8) is 0 Å². The van der Waals surface area contributed by atoms with Crippen molar-refractivity contribution in [3.05, 3.63) is 37.7 Å². The molecule has 0 saturated heterocycles. The molecule has 1 heterocycles. The molecule has 17 heavy (non-hydrogen) atoms. The first-order valence-electron chi connectivity index (χ1n) is 4.80. The molecule has 0 aliphatic heterocycles. The van der Waals surface area contributed by atoms with E-state index in [1.54, 1.807) is 25.2 Å². The Balaban J connectivity index is 2.78. The summed E-state index contributed by atoms with van der Waals surface area (Å²) in [6, 6.07) is -0.0893. The number of aromatic nitrogens is 1. The van der Waals surface area contributed by atoms with Gasteiger partial charge in [0, 0.05) is 25.2 Å². The first-order valence-corrected chi connectivity index (χ1v) is 6.00. The van der Waals surface area contributed by atoms with Crippen LogP contribution in [0.2, 0.25) is 4.47 Å². The highest BCUT2D eigenvalue weighted by molar-refractivity contribution is 7.15. The van der Waals surface area contributed by atoms with Crippen molar-refractivity contribution in [2.24, 2.45) is 0 Å². The minimum Gasteiger partial charge on any atom is -0.359 e. The van der Waals surface area contributed by atoms with Gasteiger partial charge < -0.3 is 10.2 Å². The molecule has 1 rings (SSSR count). The number of hydrogen-bond donors (Lipinski definition) is 1. The minimum absolute atomic E-state index is 0.0893. The molecule has 6 nitrogen and oxygen atoms in total. The zero-order valence-electron chi connectivity index (χ0n) is 9.68. The number of rotatable bonds is 5. The molecule has 0 aromatic carbocycles. The van der Waals surface area contributed by atoms with E-state index >= 15 is 0 Å². The predicted molar refractivity (Wildman–Crippen MR) is 67.4 cm³/mol. The molecule has 0 amide bonds. The van der Waals surface area contributed by atoms with Crippen LogP contribution in [-0.2, 0) is 0 Å². The number of nitro groups is 1. The van der Waals surface area contributed by atoms with E-state index in [0.29, 0.717) is 10.3 Å². The highest BCUT2D eigenvalue weighted by Gasteiger charge is 2.13. The van der Waals surface area contributed by atoms with Crippen molar-refractivity contribution < 1.29 is 4.92 Å². The predicted octanol–water partition coefficient (Wildman–Crippen LogP) is 2.08. The molecule has 0 radical (unpaired) electrons. The van der Waals surface area contributed by atoms with Gasteiger partial charge in [0.05, 0.1) is 11.0 Å². The van der Waals surface area contributed by atoms with Crippen LogP contribution in [0.15, 0.2) is 18.2 Å². The minimum atomic E-state index is -0.491. The molecule has 0 aliphatic carbocycles. The van der Waals surface area contributed by atoms with Gasteiger partial charge in [-0.05, 0) is 6.92 Å². The third kappa shape index (κ3) is 4.20. The van der Waals surface area contributed by atoms with Crippen LogP contribution in [0, 0.1) is 10.1 Å². The molecular weight excluding hydrogens is 264 g/mol. The average molecular weight is 277 g/mol. The number of thiazole rings is 1. The van der Waals surface area contributed by atoms with Gasteiger partial charge in [0.15, 0.2) is 10.3 Å². The van der Waals surface area contributed by atoms with Crippen molar-refractivity contribution in [1.29, 1.82) is 0 Å². The van der Waals surface area contributed by atoms with Crippen LogP contribution in [0.4, 0.5) is 0 Å². The van der Waals surface area contributed by atoms with Gasteiger partial charge in [0.1, 0.15) is 0 Å². The molecule has 8 heteroatoms. The van der Waals surface area contributed by atoms with Gasteiger partial charge in [-0.1, -0.05) is 11.6 Å². The SMILES string of the molecule is CC(NC(=C[N+](=O)[O-])N(C)C)c1cnc(Cl)s1. The summed E-state index contributed by atoms with van der Waals surface area (Å²) in [5.74, 6) is 0.423. The van der Waals surface area contributed by atoms with E-state index in [1.807, 2.05) is 6.92 Å². The van der Waals surface area contributed by atoms with Crippen LogP contribution in [-0.4, -0.2) is 28.9 Å². The summed E-state index contributed by atoms with van der Waals surface area (Å²) in [5.41, 5.74) is 0. The van der Waals surface area contributed by atoms with Gasteiger partial charge in [0.2, 0.25) is 0 Å². The van der Waals surface area contributed by atoms with Gasteiger partial charge in [0.25, 0.3) is 6.20 Å². The van der Waals surface area contributed by atoms with Crippen LogP contribution in [0.1, 0.15) is 17.8 Å². The second kappa shape index (κ2) is 5.83. The average Bonchev–Trinajstić information content (AvgIpc) is 2.63. The first kappa shape index (κ1) is 13.7. The van der Waals surface area contributed by atoms with Crippen molar-refractivity contribution in [1.82, 2.24) is 15.2 Å². The summed E-state index contributed by atoms with van der Waals surface area (Å²) in [4.78, 5) is 16.5. The normalized spacial score (nSPS) is 13.3. The van der Waals surface area contributed by atoms with E-state index in [0.717, 1.165) is 11.1 Å². The van der Waals surface area contributed by atoms with Crippen LogP contribution < -0.4 is 5.32 Å². The number of halogens is 1. The van der Waals surface area contributed by atoms with Crippen LogP contribution >= 0.6 is 22.9 Å². The quantitative estimate of drug-likeness (QED) is 0.659. The fraction of sp³-hybridized carbons (Fsp3) is 0.444. The lowest BCUT2D eigenvalue weighted by Gasteiger charge is -2.20. The molecule has 0 aliphatic rings. The monoisotopic (exact) mass is 276 g/mol. The van der Waals surface area contributed by atoms with Crippen molar-refractivity contribution in [2.75, 3.05) is 14.1 Å². The Morgan fingerprint density at radius 1 is 1.76 bits per heavy atom. The summed E-state index contributed by atoms with van der Waals surface area (Å²) < 4.78 is 0.457. The summed E-state index contributed by atoms with van der Waals surface area (Å²) >= 11 is 7.08. The number of nitrogens with zero attached hydrogens (tertiary/aromatic N) is 3. The van der Waals surface area contributed by atoms with E-state index < -0.39 is 4.92 Å². The van der Waals surface area contributed by atoms with Crippen LogP contribution in [0.5, 0.6) is 0 Å². The maximum Gasteiger partial charge on any atom is 0.274 e. The molecule has 1 atom stereocenters. The van der Waals surface area contributed by atoms with Crippen molar-refractivity contribution >= 4 is 22.9 Å². The van der Waals surface area contributed by atoms with Crippen molar-refractivity contribution in [3.8, 4) is 0 Å². The third-order valence-electron chi connectivity index (χ3n) is 2.00. The molecule has 1 unspecified atom stereocenters. The Morgan fingerprint density at radius 2 is 2.41 bits per heavy atom. The Kier molecular flexibility index (Phi) is 4.71. The van der Waals surface area contributed by atoms with Crippen LogP contribution in [0.25, 0.3) is 0 Å². The maximum absolute atomic E-state index is 10.5. The lowest BCUT2D eigenvalue weighted by Crippen LogP contribution is -2.28. The van der Waals surface area contributed by atoms with E-state index in [9.17, 15) is 10.1 Å². The summed E-state index contributed by atoms with van der Waals surface area (Å²) in [7, 11) is 3.46. The largest absolute Gasteiger partial charge is 0.359 e. The molecule has 1 aromatic heterocycles. The number of hydrogen-bond acceptors (Lipinski definition) is 6. The highest BCUT2D eigenvalue weighted by Crippen LogP contribution is 2.24. The van der Waals surface area contributed by atoms with Gasteiger partial charge in [-0.15, -0.1) is 11.3 Å². The van der Waals surface area contributed by atoms with Gasteiger partial charge in [-0.2, -0.15) is 0 Å². The lowest BCUT2D eigenvalue weighted by atomic mass is 10.3. The molecule has 0 spiro atoms. The molecule has 0 saturated carbocycles. The Hall–Kier alpha value is -1.34. The Labute approximate surface area is 108 Å². The van der Waals surface area contributed by atoms with Crippen molar-refractivity contribution in [2.45, 2.75) is 13.0 Å². The highest BCUT2D eigenvalue weighted by atomic mass is 35.5. The van der Waals surface area contributed by atoms with Gasteiger partial charge >= 0.3 is 0 Å². The van der Waals surface area contributed by atoms with E-state index in [4.69, 9.17) is 11.6 Å². The van der Waals surface area contributed by atoms with E-state index in [1.165, 1.54) is 11.3 Å². The lowest BCUT2D eigenvalue weighted by molar-refractivity contribution is -0.404. The summed E-state index contributed by atoms with van der Waals surface area (Å²) in [5, 5.41) is 13.5. The Morgan fingerprint density at radius 3 is 2.82 bits per heavy atom. The van der Waals surface area contributed by atoms with Gasteiger partial charge in [-0.3, -0.25) is 10.1 Å². The van der Waals surface area contributed by atoms with E-state index in [-0.39, 0.29) is 6.04 Å². The molecule has 0 bridgehead atoms. The second-order valence-corrected chi connectivity index (χ2v) is 5.22. The third-order valence-corrected chi connectivity index (χ3v) is 3.29. The zero-order chi connectivity index (χ0) is 13.0. The molecule has 0 fully saturated rings. The summed E-state index contributed by atoms with van der Waals surface area (Å²) in [6.45, 7) is 1.89. The molecule has 94 valence electrons. The zero-order valence-corrected chi connectivity index (χ0v) is 11.2. The topological polar surface area (TPSA) is 71.3 Å². The number of nitrogens with one attached hydrogen (secondary N) is 1. The molecule has 1 N–H and O–H groups in total. The standard InChI is InChI=1S/C9H13ClN4O2S/c1-6(7-4-11-9(10)17-7)12-8(13(2)3)5-14(15)16/h4-6,12H,1-3H3. The first-order chi connectivity index (χ1) is 7.90. The smallest absolute Gasteiger partial charge is 0.274 e. The fourth-order valence-electron chi connectivity index (χ4n) is 1.14. The molecule has 1 aromatic rings. The van der Waals surface area contributed by atoms with E-state index in [2.05, 4.69) is 10.3 Å². The Bertz CT molecular complexity index is 432. The summed E-state index contributed by atoms with van der Waals surface area (Å²) in [6.07, 6.45) is 2.59. The van der Waals surface area contributed by atoms with Crippen LogP contribution in [0.3, 0.4) is 0 Å². The fourth-order valence-corrected chi connectivity index (χ4v) is 2.10. The molecular formula is C9H13ClN4O2S. The second-order valence-electron chi connectivity index (χ2n) is 3.58. The maximum atomic E-state index is 10.5. The van der Waals surface area contributed by atoms with Gasteiger partial charge in [-0.25, -0.2) is 4.98 Å².